The molecule has 0 aliphatic heterocycles. The minimum atomic E-state index is -0.0292. The lowest BCUT2D eigenvalue weighted by atomic mass is 9.99. The number of carbonyl (C=O) groups excluding carboxylic acids is 1. The summed E-state index contributed by atoms with van der Waals surface area (Å²) in [5, 5.41) is 5.06. The molecule has 146 valence electrons. The van der Waals surface area contributed by atoms with E-state index in [1.54, 1.807) is 15.8 Å². The highest BCUT2D eigenvalue weighted by Crippen LogP contribution is 2.28. The number of rotatable bonds is 4. The Kier molecular flexibility index (Phi) is 4.89. The van der Waals surface area contributed by atoms with E-state index >= 15 is 0 Å². The van der Waals surface area contributed by atoms with Gasteiger partial charge < -0.3 is 4.90 Å². The minimum absolute atomic E-state index is 0.0292. The summed E-state index contributed by atoms with van der Waals surface area (Å²) >= 11 is 0. The van der Waals surface area contributed by atoms with Gasteiger partial charge in [-0.3, -0.25) is 9.48 Å². The number of fused-ring (bicyclic) bond motifs is 1. The van der Waals surface area contributed by atoms with Gasteiger partial charge in [-0.15, -0.1) is 0 Å². The molecule has 0 aliphatic carbocycles. The van der Waals surface area contributed by atoms with Crippen molar-refractivity contribution in [2.45, 2.75) is 20.4 Å². The van der Waals surface area contributed by atoms with Gasteiger partial charge in [0.05, 0.1) is 23.0 Å². The zero-order valence-electron chi connectivity index (χ0n) is 17.2. The van der Waals surface area contributed by atoms with Gasteiger partial charge in [0.1, 0.15) is 0 Å². The third-order valence-corrected chi connectivity index (χ3v) is 5.13. The van der Waals surface area contributed by atoms with Crippen LogP contribution in [-0.2, 0) is 13.6 Å². The molecular formula is C24H24N4O. The molecule has 0 unspecified atom stereocenters. The largest absolute Gasteiger partial charge is 0.337 e. The molecule has 0 bridgehead atoms. The van der Waals surface area contributed by atoms with Crippen molar-refractivity contribution < 1.29 is 4.79 Å². The van der Waals surface area contributed by atoms with Gasteiger partial charge in [0.2, 0.25) is 0 Å². The molecule has 4 aromatic rings. The molecule has 1 amide bonds. The standard InChI is InChI=1S/C24H24N4O/c1-16-9-10-19(17(2)11-16)23-12-21(20-7-5-6-8-22(20)26-23)24(29)27(3)14-18-13-25-28(4)15-18/h5-13,15H,14H2,1-4H3. The summed E-state index contributed by atoms with van der Waals surface area (Å²) in [6.45, 7) is 4.66. The van der Waals surface area contributed by atoms with E-state index in [1.807, 2.05) is 50.6 Å². The van der Waals surface area contributed by atoms with Crippen molar-refractivity contribution in [3.63, 3.8) is 0 Å². The summed E-state index contributed by atoms with van der Waals surface area (Å²) in [4.78, 5) is 19.9. The van der Waals surface area contributed by atoms with Crippen molar-refractivity contribution in [3.05, 3.63) is 83.2 Å². The van der Waals surface area contributed by atoms with Crippen molar-refractivity contribution >= 4 is 16.8 Å². The molecule has 0 radical (unpaired) electrons. The average molecular weight is 384 g/mol. The zero-order chi connectivity index (χ0) is 20.5. The fourth-order valence-electron chi connectivity index (χ4n) is 3.70. The third kappa shape index (κ3) is 3.76. The Morgan fingerprint density at radius 1 is 1.10 bits per heavy atom. The van der Waals surface area contributed by atoms with Crippen LogP contribution in [-0.4, -0.2) is 32.6 Å². The van der Waals surface area contributed by atoms with E-state index in [-0.39, 0.29) is 5.91 Å². The second-order valence-electron chi connectivity index (χ2n) is 7.57. The quantitative estimate of drug-likeness (QED) is 0.520. The molecular weight excluding hydrogens is 360 g/mol. The van der Waals surface area contributed by atoms with Crippen molar-refractivity contribution in [1.29, 1.82) is 0 Å². The molecule has 29 heavy (non-hydrogen) atoms. The van der Waals surface area contributed by atoms with E-state index < -0.39 is 0 Å². The van der Waals surface area contributed by atoms with Crippen LogP contribution in [0.4, 0.5) is 0 Å². The Hall–Kier alpha value is -3.47. The highest BCUT2D eigenvalue weighted by molar-refractivity contribution is 6.07. The number of benzene rings is 2. The molecule has 0 spiro atoms. The van der Waals surface area contributed by atoms with Crippen LogP contribution in [0.5, 0.6) is 0 Å². The first-order valence-corrected chi connectivity index (χ1v) is 9.63. The van der Waals surface area contributed by atoms with Crippen molar-refractivity contribution in [2.24, 2.45) is 7.05 Å². The Morgan fingerprint density at radius 2 is 1.90 bits per heavy atom. The van der Waals surface area contributed by atoms with E-state index in [4.69, 9.17) is 4.98 Å². The van der Waals surface area contributed by atoms with Crippen LogP contribution in [0.3, 0.4) is 0 Å². The number of hydrogen-bond acceptors (Lipinski definition) is 3. The number of hydrogen-bond donors (Lipinski definition) is 0. The number of aryl methyl sites for hydroxylation is 3. The average Bonchev–Trinajstić information content (AvgIpc) is 3.11. The van der Waals surface area contributed by atoms with E-state index in [2.05, 4.69) is 37.1 Å². The number of pyridine rings is 1. The second-order valence-corrected chi connectivity index (χ2v) is 7.57. The summed E-state index contributed by atoms with van der Waals surface area (Å²) in [6, 6.07) is 16.0. The zero-order valence-corrected chi connectivity index (χ0v) is 17.2. The van der Waals surface area contributed by atoms with Gasteiger partial charge >= 0.3 is 0 Å². The third-order valence-electron chi connectivity index (χ3n) is 5.13. The van der Waals surface area contributed by atoms with Crippen molar-refractivity contribution in [2.75, 3.05) is 7.05 Å². The maximum absolute atomic E-state index is 13.4. The molecule has 0 atom stereocenters. The summed E-state index contributed by atoms with van der Waals surface area (Å²) in [6.07, 6.45) is 3.71. The fraction of sp³-hybridized carbons (Fsp3) is 0.208. The van der Waals surface area contributed by atoms with Crippen molar-refractivity contribution in [3.8, 4) is 11.3 Å². The molecule has 5 heteroatoms. The lowest BCUT2D eigenvalue weighted by molar-refractivity contribution is 0.0787. The molecule has 0 N–H and O–H groups in total. The number of nitrogens with zero attached hydrogens (tertiary/aromatic N) is 4. The predicted molar refractivity (Wildman–Crippen MR) is 116 cm³/mol. The van der Waals surface area contributed by atoms with Gasteiger partial charge in [0.15, 0.2) is 0 Å². The van der Waals surface area contributed by atoms with Crippen LogP contribution in [0.1, 0.15) is 27.0 Å². The second kappa shape index (κ2) is 7.51. The highest BCUT2D eigenvalue weighted by Gasteiger charge is 2.18. The normalized spacial score (nSPS) is 11.0. The lowest BCUT2D eigenvalue weighted by Gasteiger charge is -2.18. The van der Waals surface area contributed by atoms with Gasteiger partial charge in [-0.1, -0.05) is 42.0 Å². The Morgan fingerprint density at radius 3 is 2.62 bits per heavy atom. The van der Waals surface area contributed by atoms with Gasteiger partial charge in [0, 0.05) is 43.4 Å². The molecule has 2 aromatic carbocycles. The van der Waals surface area contributed by atoms with Gasteiger partial charge in [-0.25, -0.2) is 4.98 Å². The van der Waals surface area contributed by atoms with Gasteiger partial charge in [-0.05, 0) is 31.5 Å². The van der Waals surface area contributed by atoms with Crippen LogP contribution < -0.4 is 0 Å². The molecule has 0 saturated carbocycles. The van der Waals surface area contributed by atoms with Crippen LogP contribution in [0.15, 0.2) is 60.9 Å². The van der Waals surface area contributed by atoms with Crippen LogP contribution in [0, 0.1) is 13.8 Å². The number of carbonyl (C=O) groups is 1. The summed E-state index contributed by atoms with van der Waals surface area (Å²) in [5.41, 5.74) is 6.70. The first-order chi connectivity index (χ1) is 13.9. The van der Waals surface area contributed by atoms with Crippen molar-refractivity contribution in [1.82, 2.24) is 19.7 Å². The SMILES string of the molecule is Cc1ccc(-c2cc(C(=O)N(C)Cc3cnn(C)c3)c3ccccc3n2)c(C)c1. The molecule has 0 aliphatic rings. The predicted octanol–water partition coefficient (Wildman–Crippen LogP) is 4.52. The lowest BCUT2D eigenvalue weighted by Crippen LogP contribution is -2.26. The molecule has 2 aromatic heterocycles. The fourth-order valence-corrected chi connectivity index (χ4v) is 3.70. The molecule has 4 rings (SSSR count). The van der Waals surface area contributed by atoms with E-state index in [1.165, 1.54) is 5.56 Å². The first kappa shape index (κ1) is 18.9. The molecule has 0 saturated heterocycles. The van der Waals surface area contributed by atoms with Crippen LogP contribution in [0.25, 0.3) is 22.2 Å². The summed E-state index contributed by atoms with van der Waals surface area (Å²) < 4.78 is 1.74. The summed E-state index contributed by atoms with van der Waals surface area (Å²) in [7, 11) is 3.69. The minimum Gasteiger partial charge on any atom is -0.337 e. The van der Waals surface area contributed by atoms with E-state index in [9.17, 15) is 4.79 Å². The Labute approximate surface area is 170 Å². The Balaban J connectivity index is 1.79. The summed E-state index contributed by atoms with van der Waals surface area (Å²) in [5.74, 6) is -0.0292. The molecule has 5 nitrogen and oxygen atoms in total. The van der Waals surface area contributed by atoms with Gasteiger partial charge in [-0.2, -0.15) is 5.10 Å². The topological polar surface area (TPSA) is 51.0 Å². The van der Waals surface area contributed by atoms with Gasteiger partial charge in [0.25, 0.3) is 5.91 Å². The first-order valence-electron chi connectivity index (χ1n) is 9.63. The van der Waals surface area contributed by atoms with Crippen LogP contribution >= 0.6 is 0 Å². The number of para-hydroxylation sites is 1. The van der Waals surface area contributed by atoms with Crippen LogP contribution in [0.2, 0.25) is 0 Å². The van der Waals surface area contributed by atoms with E-state index in [0.717, 1.165) is 33.3 Å². The molecule has 2 heterocycles. The molecule has 0 fully saturated rings. The number of aromatic nitrogens is 3. The maximum Gasteiger partial charge on any atom is 0.254 e. The maximum atomic E-state index is 13.4. The monoisotopic (exact) mass is 384 g/mol. The van der Waals surface area contributed by atoms with E-state index in [0.29, 0.717) is 12.1 Å². The number of amides is 1. The Bertz CT molecular complexity index is 1210. The smallest absolute Gasteiger partial charge is 0.254 e. The highest BCUT2D eigenvalue weighted by atomic mass is 16.2.